The Hall–Kier alpha value is -1.72. The van der Waals surface area contributed by atoms with E-state index in [9.17, 15) is 18.0 Å². The van der Waals surface area contributed by atoms with Crippen molar-refractivity contribution in [3.63, 3.8) is 0 Å². The van der Waals surface area contributed by atoms with Gasteiger partial charge < -0.3 is 10.1 Å². The lowest BCUT2D eigenvalue weighted by Crippen LogP contribution is -2.42. The largest absolute Gasteiger partial charge is 0.573 e. The van der Waals surface area contributed by atoms with Crippen LogP contribution in [0.25, 0.3) is 0 Å². The lowest BCUT2D eigenvalue weighted by molar-refractivity contribution is -0.274. The van der Waals surface area contributed by atoms with Gasteiger partial charge in [0.15, 0.2) is 0 Å². The van der Waals surface area contributed by atoms with Crippen molar-refractivity contribution in [1.82, 2.24) is 5.32 Å². The number of rotatable bonds is 4. The fourth-order valence-corrected chi connectivity index (χ4v) is 1.50. The number of hydrogen-bond donors (Lipinski definition) is 1. The van der Waals surface area contributed by atoms with Gasteiger partial charge in [-0.15, -0.1) is 13.2 Å². The molecular weight excluding hydrogens is 283 g/mol. The molecule has 6 heteroatoms. The molecule has 1 rings (SSSR count). The molecule has 118 valence electrons. The van der Waals surface area contributed by atoms with E-state index in [0.717, 1.165) is 0 Å². The summed E-state index contributed by atoms with van der Waals surface area (Å²) in [5.74, 6) is -0.461. The third-order valence-corrected chi connectivity index (χ3v) is 3.20. The Bertz CT molecular complexity index is 475. The molecule has 0 aliphatic heterocycles. The molecule has 1 amide bonds. The molecule has 1 unspecified atom stereocenters. The first-order valence-corrected chi connectivity index (χ1v) is 6.61. The lowest BCUT2D eigenvalue weighted by Gasteiger charge is -2.28. The minimum Gasteiger partial charge on any atom is -0.406 e. The summed E-state index contributed by atoms with van der Waals surface area (Å²) in [5.41, 5.74) is 0.572. The highest BCUT2D eigenvalue weighted by atomic mass is 19.4. The van der Waals surface area contributed by atoms with Crippen molar-refractivity contribution < 1.29 is 22.7 Å². The van der Waals surface area contributed by atoms with Gasteiger partial charge in [-0.2, -0.15) is 0 Å². The predicted molar refractivity (Wildman–Crippen MR) is 73.9 cm³/mol. The van der Waals surface area contributed by atoms with E-state index in [-0.39, 0.29) is 29.5 Å². The molecule has 0 bridgehead atoms. The molecule has 1 aromatic carbocycles. The van der Waals surface area contributed by atoms with Gasteiger partial charge in [0.25, 0.3) is 0 Å². The number of hydrogen-bond acceptors (Lipinski definition) is 2. The van der Waals surface area contributed by atoms with Gasteiger partial charge in [-0.1, -0.05) is 32.9 Å². The fraction of sp³-hybridized carbons (Fsp3) is 0.533. The van der Waals surface area contributed by atoms with E-state index < -0.39 is 6.36 Å². The van der Waals surface area contributed by atoms with Gasteiger partial charge in [-0.3, -0.25) is 4.79 Å². The van der Waals surface area contributed by atoms with Gasteiger partial charge >= 0.3 is 6.36 Å². The summed E-state index contributed by atoms with van der Waals surface area (Å²) < 4.78 is 39.8. The number of ether oxygens (including phenoxy) is 1. The van der Waals surface area contributed by atoms with E-state index in [1.165, 1.54) is 24.3 Å². The van der Waals surface area contributed by atoms with Gasteiger partial charge in [0.1, 0.15) is 5.75 Å². The Balaban J connectivity index is 2.58. The van der Waals surface area contributed by atoms with Crippen LogP contribution in [0, 0.1) is 5.41 Å². The van der Waals surface area contributed by atoms with E-state index in [1.807, 2.05) is 27.7 Å². The van der Waals surface area contributed by atoms with Crippen LogP contribution in [-0.4, -0.2) is 18.3 Å². The number of halogens is 3. The third-order valence-electron chi connectivity index (χ3n) is 3.20. The van der Waals surface area contributed by atoms with Crippen LogP contribution >= 0.6 is 0 Å². The van der Waals surface area contributed by atoms with Crippen LogP contribution in [0.2, 0.25) is 0 Å². The average Bonchev–Trinajstić information content (AvgIpc) is 2.28. The van der Waals surface area contributed by atoms with Gasteiger partial charge in [0.05, 0.1) is 6.42 Å². The van der Waals surface area contributed by atoms with Crippen molar-refractivity contribution in [2.24, 2.45) is 5.41 Å². The topological polar surface area (TPSA) is 38.3 Å². The second kappa shape index (κ2) is 6.37. The Morgan fingerprint density at radius 2 is 1.71 bits per heavy atom. The zero-order chi connectivity index (χ0) is 16.3. The summed E-state index contributed by atoms with van der Waals surface area (Å²) in [5, 5.41) is 2.87. The number of alkyl halides is 3. The van der Waals surface area contributed by atoms with Crippen molar-refractivity contribution in [2.45, 2.75) is 46.5 Å². The maximum atomic E-state index is 12.0. The van der Waals surface area contributed by atoms with Crippen LogP contribution < -0.4 is 10.1 Å². The van der Waals surface area contributed by atoms with E-state index in [4.69, 9.17) is 0 Å². The van der Waals surface area contributed by atoms with Crippen molar-refractivity contribution in [3.05, 3.63) is 29.8 Å². The molecule has 0 radical (unpaired) electrons. The smallest absolute Gasteiger partial charge is 0.406 e. The van der Waals surface area contributed by atoms with Crippen LogP contribution in [0.5, 0.6) is 5.75 Å². The summed E-state index contributed by atoms with van der Waals surface area (Å²) >= 11 is 0. The summed E-state index contributed by atoms with van der Waals surface area (Å²) in [6, 6.07) is 5.29. The highest BCUT2D eigenvalue weighted by Crippen LogP contribution is 2.23. The van der Waals surface area contributed by atoms with Crippen molar-refractivity contribution in [1.29, 1.82) is 0 Å². The average molecular weight is 303 g/mol. The number of carbonyl (C=O) groups excluding carboxylic acids is 1. The van der Waals surface area contributed by atoms with Crippen LogP contribution in [0.4, 0.5) is 13.2 Å². The molecule has 0 aromatic heterocycles. The highest BCUT2D eigenvalue weighted by Gasteiger charge is 2.31. The Morgan fingerprint density at radius 3 is 2.14 bits per heavy atom. The Labute approximate surface area is 122 Å². The molecule has 0 aliphatic carbocycles. The zero-order valence-corrected chi connectivity index (χ0v) is 12.5. The first kappa shape index (κ1) is 17.3. The normalized spacial score (nSPS) is 13.7. The molecule has 1 aromatic rings. The van der Waals surface area contributed by atoms with E-state index in [0.29, 0.717) is 5.56 Å². The van der Waals surface area contributed by atoms with Crippen molar-refractivity contribution >= 4 is 5.91 Å². The second-order valence-electron chi connectivity index (χ2n) is 6.02. The summed E-state index contributed by atoms with van der Waals surface area (Å²) in [6.07, 6.45) is -4.59. The maximum absolute atomic E-state index is 12.0. The van der Waals surface area contributed by atoms with Crippen LogP contribution in [0.1, 0.15) is 33.3 Å². The lowest BCUT2D eigenvalue weighted by atomic mass is 9.88. The third kappa shape index (κ3) is 6.51. The minimum absolute atomic E-state index is 0.00200. The molecule has 1 N–H and O–H groups in total. The summed E-state index contributed by atoms with van der Waals surface area (Å²) in [6.45, 7) is 7.96. The van der Waals surface area contributed by atoms with Crippen LogP contribution in [0.15, 0.2) is 24.3 Å². The molecule has 0 saturated carbocycles. The van der Waals surface area contributed by atoms with E-state index in [2.05, 4.69) is 10.1 Å². The first-order valence-electron chi connectivity index (χ1n) is 6.61. The predicted octanol–water partition coefficient (Wildman–Crippen LogP) is 3.68. The van der Waals surface area contributed by atoms with E-state index >= 15 is 0 Å². The van der Waals surface area contributed by atoms with Crippen LogP contribution in [-0.2, 0) is 11.2 Å². The summed E-state index contributed by atoms with van der Waals surface area (Å²) in [7, 11) is 0. The van der Waals surface area contributed by atoms with Crippen molar-refractivity contribution in [3.8, 4) is 5.75 Å². The van der Waals surface area contributed by atoms with Crippen molar-refractivity contribution in [2.75, 3.05) is 0 Å². The number of nitrogens with one attached hydrogen (secondary N) is 1. The van der Waals surface area contributed by atoms with Gasteiger partial charge in [-0.25, -0.2) is 0 Å². The van der Waals surface area contributed by atoms with E-state index in [1.54, 1.807) is 0 Å². The number of carbonyl (C=O) groups is 1. The first-order chi connectivity index (χ1) is 9.47. The molecule has 0 spiro atoms. The molecule has 21 heavy (non-hydrogen) atoms. The molecule has 0 fully saturated rings. The Morgan fingerprint density at radius 1 is 1.19 bits per heavy atom. The fourth-order valence-electron chi connectivity index (χ4n) is 1.50. The standard InChI is InChI=1S/C15H20F3NO2/c1-10(14(2,3)4)19-13(20)9-11-5-7-12(8-6-11)21-15(16,17)18/h5-8,10H,9H2,1-4H3,(H,19,20). The quantitative estimate of drug-likeness (QED) is 0.921. The number of amides is 1. The maximum Gasteiger partial charge on any atom is 0.573 e. The minimum atomic E-state index is -4.71. The zero-order valence-electron chi connectivity index (χ0n) is 12.5. The molecule has 0 aliphatic rings. The van der Waals surface area contributed by atoms with Crippen LogP contribution in [0.3, 0.4) is 0 Å². The van der Waals surface area contributed by atoms with Gasteiger partial charge in [-0.05, 0) is 30.0 Å². The summed E-state index contributed by atoms with van der Waals surface area (Å²) in [4.78, 5) is 11.9. The second-order valence-corrected chi connectivity index (χ2v) is 6.02. The van der Waals surface area contributed by atoms with Gasteiger partial charge in [0, 0.05) is 6.04 Å². The highest BCUT2D eigenvalue weighted by molar-refractivity contribution is 5.78. The monoisotopic (exact) mass is 303 g/mol. The molecular formula is C15H20F3NO2. The SMILES string of the molecule is CC(NC(=O)Cc1ccc(OC(F)(F)F)cc1)C(C)(C)C. The number of benzene rings is 1. The van der Waals surface area contributed by atoms with Gasteiger partial charge in [0.2, 0.25) is 5.91 Å². The molecule has 0 heterocycles. The molecule has 3 nitrogen and oxygen atoms in total. The Kier molecular flexibility index (Phi) is 5.25. The molecule has 1 atom stereocenters. The molecule has 0 saturated heterocycles.